The lowest BCUT2D eigenvalue weighted by molar-refractivity contribution is 0.0643. The number of allylic oxidation sites excluding steroid dienone is 1. The van der Waals surface area contributed by atoms with E-state index in [4.69, 9.17) is 11.5 Å². The number of nitrogens with zero attached hydrogens (tertiary/aromatic N) is 4. The average molecular weight is 246 g/mol. The standard InChI is InChI=1S/C11H14N6O/c12-8-7-9(16-11(13)15-8)17(5-14-7)10(18)6-3-1-2-4-6/h1,3,5-6,10,18H,2,4H2,(H4,12,13,15,16). The maximum Gasteiger partial charge on any atom is 0.224 e. The Morgan fingerprint density at radius 1 is 1.39 bits per heavy atom. The molecule has 0 bridgehead atoms. The fourth-order valence-corrected chi connectivity index (χ4v) is 2.26. The van der Waals surface area contributed by atoms with Gasteiger partial charge in [0.25, 0.3) is 0 Å². The third-order valence-electron chi connectivity index (χ3n) is 3.18. The van der Waals surface area contributed by atoms with Crippen molar-refractivity contribution in [2.45, 2.75) is 19.1 Å². The lowest BCUT2D eigenvalue weighted by Gasteiger charge is -2.18. The molecule has 0 radical (unpaired) electrons. The molecule has 7 heteroatoms. The number of imidazole rings is 1. The van der Waals surface area contributed by atoms with E-state index in [1.807, 2.05) is 6.08 Å². The Hall–Kier alpha value is -2.15. The number of nitrogen functional groups attached to an aromatic ring is 2. The molecule has 2 heterocycles. The minimum Gasteiger partial charge on any atom is -0.382 e. The van der Waals surface area contributed by atoms with Crippen molar-refractivity contribution in [2.24, 2.45) is 5.92 Å². The summed E-state index contributed by atoms with van der Waals surface area (Å²) in [5.74, 6) is 0.376. The van der Waals surface area contributed by atoms with Gasteiger partial charge in [-0.05, 0) is 12.8 Å². The van der Waals surface area contributed by atoms with E-state index < -0.39 is 6.23 Å². The number of nitrogens with two attached hydrogens (primary N) is 2. The summed E-state index contributed by atoms with van der Waals surface area (Å²) in [5, 5.41) is 10.3. The molecule has 2 atom stereocenters. The number of hydrogen-bond acceptors (Lipinski definition) is 6. The van der Waals surface area contributed by atoms with Crippen molar-refractivity contribution in [3.05, 3.63) is 18.5 Å². The van der Waals surface area contributed by atoms with Gasteiger partial charge in [0, 0.05) is 5.92 Å². The Balaban J connectivity index is 2.09. The fourth-order valence-electron chi connectivity index (χ4n) is 2.26. The van der Waals surface area contributed by atoms with Crippen LogP contribution in [-0.2, 0) is 0 Å². The smallest absolute Gasteiger partial charge is 0.224 e. The lowest BCUT2D eigenvalue weighted by atomic mass is 10.1. The Morgan fingerprint density at radius 3 is 2.94 bits per heavy atom. The first kappa shape index (κ1) is 11.0. The number of anilines is 2. The molecule has 0 aromatic carbocycles. The van der Waals surface area contributed by atoms with Crippen LogP contribution in [0.2, 0.25) is 0 Å². The molecular weight excluding hydrogens is 232 g/mol. The molecule has 3 rings (SSSR count). The highest BCUT2D eigenvalue weighted by Gasteiger charge is 2.23. The van der Waals surface area contributed by atoms with Crippen molar-refractivity contribution >= 4 is 22.9 Å². The van der Waals surface area contributed by atoms with E-state index in [1.165, 1.54) is 6.33 Å². The number of hydrogen-bond donors (Lipinski definition) is 3. The molecule has 5 N–H and O–H groups in total. The summed E-state index contributed by atoms with van der Waals surface area (Å²) in [6, 6.07) is 0. The van der Waals surface area contributed by atoms with Gasteiger partial charge in [0.15, 0.2) is 11.5 Å². The molecule has 18 heavy (non-hydrogen) atoms. The maximum atomic E-state index is 10.3. The van der Waals surface area contributed by atoms with Crippen LogP contribution < -0.4 is 11.5 Å². The molecular formula is C11H14N6O. The van der Waals surface area contributed by atoms with Crippen LogP contribution in [0.1, 0.15) is 19.1 Å². The number of aromatic nitrogens is 4. The molecule has 0 fully saturated rings. The highest BCUT2D eigenvalue weighted by molar-refractivity contribution is 5.82. The molecule has 0 spiro atoms. The summed E-state index contributed by atoms with van der Waals surface area (Å²) in [6.07, 6.45) is 6.77. The van der Waals surface area contributed by atoms with E-state index in [2.05, 4.69) is 21.0 Å². The van der Waals surface area contributed by atoms with Crippen LogP contribution in [-0.4, -0.2) is 24.6 Å². The van der Waals surface area contributed by atoms with E-state index in [1.54, 1.807) is 4.57 Å². The highest BCUT2D eigenvalue weighted by Crippen LogP contribution is 2.29. The summed E-state index contributed by atoms with van der Waals surface area (Å²) < 4.78 is 1.59. The topological polar surface area (TPSA) is 116 Å². The number of aliphatic hydroxyl groups is 1. The Bertz CT molecular complexity index is 619. The molecule has 0 amide bonds. The van der Waals surface area contributed by atoms with Crippen molar-refractivity contribution in [2.75, 3.05) is 11.5 Å². The largest absolute Gasteiger partial charge is 0.382 e. The second-order valence-corrected chi connectivity index (χ2v) is 4.37. The molecule has 0 saturated heterocycles. The first-order valence-electron chi connectivity index (χ1n) is 5.77. The SMILES string of the molecule is Nc1nc(N)c2ncn(C(O)C3C=CCC3)c2n1. The van der Waals surface area contributed by atoms with Gasteiger partial charge in [0.1, 0.15) is 11.7 Å². The van der Waals surface area contributed by atoms with Gasteiger partial charge in [-0.2, -0.15) is 9.97 Å². The third kappa shape index (κ3) is 1.60. The van der Waals surface area contributed by atoms with Gasteiger partial charge < -0.3 is 16.6 Å². The van der Waals surface area contributed by atoms with E-state index in [-0.39, 0.29) is 17.7 Å². The lowest BCUT2D eigenvalue weighted by Crippen LogP contribution is -2.16. The molecule has 2 aromatic heterocycles. The van der Waals surface area contributed by atoms with Crippen LogP contribution in [0, 0.1) is 5.92 Å². The summed E-state index contributed by atoms with van der Waals surface area (Å²) in [6.45, 7) is 0. The van der Waals surface area contributed by atoms with Gasteiger partial charge in [-0.1, -0.05) is 12.2 Å². The Morgan fingerprint density at radius 2 is 2.22 bits per heavy atom. The van der Waals surface area contributed by atoms with E-state index in [0.29, 0.717) is 11.2 Å². The first-order chi connectivity index (χ1) is 8.66. The van der Waals surface area contributed by atoms with Gasteiger partial charge in [-0.3, -0.25) is 4.57 Å². The summed E-state index contributed by atoms with van der Waals surface area (Å²) in [7, 11) is 0. The van der Waals surface area contributed by atoms with Gasteiger partial charge in [-0.25, -0.2) is 4.98 Å². The zero-order valence-electron chi connectivity index (χ0n) is 9.69. The van der Waals surface area contributed by atoms with Crippen molar-refractivity contribution in [1.82, 2.24) is 19.5 Å². The van der Waals surface area contributed by atoms with Gasteiger partial charge in [-0.15, -0.1) is 0 Å². The fraction of sp³-hybridized carbons (Fsp3) is 0.364. The minimum atomic E-state index is -0.706. The van der Waals surface area contributed by atoms with Crippen LogP contribution >= 0.6 is 0 Å². The van der Waals surface area contributed by atoms with Gasteiger partial charge >= 0.3 is 0 Å². The third-order valence-corrected chi connectivity index (χ3v) is 3.18. The molecule has 1 aliphatic rings. The quantitative estimate of drug-likeness (QED) is 0.662. The number of aliphatic hydroxyl groups excluding tert-OH is 1. The predicted molar refractivity (Wildman–Crippen MR) is 67.3 cm³/mol. The van der Waals surface area contributed by atoms with Crippen molar-refractivity contribution in [3.63, 3.8) is 0 Å². The molecule has 2 aromatic rings. The second kappa shape index (κ2) is 3.95. The molecule has 0 aliphatic heterocycles. The van der Waals surface area contributed by atoms with E-state index in [9.17, 15) is 5.11 Å². The first-order valence-corrected chi connectivity index (χ1v) is 5.77. The molecule has 0 saturated carbocycles. The van der Waals surface area contributed by atoms with Crippen LogP contribution in [0.25, 0.3) is 11.2 Å². The molecule has 2 unspecified atom stereocenters. The molecule has 7 nitrogen and oxygen atoms in total. The minimum absolute atomic E-state index is 0.0693. The summed E-state index contributed by atoms with van der Waals surface area (Å²) in [4.78, 5) is 12.1. The van der Waals surface area contributed by atoms with Crippen LogP contribution in [0.15, 0.2) is 18.5 Å². The van der Waals surface area contributed by atoms with Gasteiger partial charge in [0.05, 0.1) is 6.33 Å². The van der Waals surface area contributed by atoms with E-state index in [0.717, 1.165) is 12.8 Å². The van der Waals surface area contributed by atoms with Crippen molar-refractivity contribution in [1.29, 1.82) is 0 Å². The predicted octanol–water partition coefficient (Wildman–Crippen LogP) is 0.448. The summed E-state index contributed by atoms with van der Waals surface area (Å²) in [5.41, 5.74) is 12.2. The second-order valence-electron chi connectivity index (χ2n) is 4.37. The summed E-state index contributed by atoms with van der Waals surface area (Å²) >= 11 is 0. The van der Waals surface area contributed by atoms with Crippen LogP contribution in [0.5, 0.6) is 0 Å². The van der Waals surface area contributed by atoms with Crippen LogP contribution in [0.4, 0.5) is 11.8 Å². The number of rotatable bonds is 2. The Kier molecular flexibility index (Phi) is 2.41. The average Bonchev–Trinajstić information content (AvgIpc) is 2.96. The normalized spacial score (nSPS) is 20.6. The maximum absolute atomic E-state index is 10.3. The van der Waals surface area contributed by atoms with Gasteiger partial charge in [0.2, 0.25) is 5.95 Å². The molecule has 94 valence electrons. The zero-order chi connectivity index (χ0) is 12.7. The molecule has 1 aliphatic carbocycles. The van der Waals surface area contributed by atoms with Crippen molar-refractivity contribution in [3.8, 4) is 0 Å². The van der Waals surface area contributed by atoms with E-state index >= 15 is 0 Å². The Labute approximate surface area is 103 Å². The monoisotopic (exact) mass is 246 g/mol. The number of fused-ring (bicyclic) bond motifs is 1. The zero-order valence-corrected chi connectivity index (χ0v) is 9.69. The van der Waals surface area contributed by atoms with Crippen molar-refractivity contribution < 1.29 is 5.11 Å². The highest BCUT2D eigenvalue weighted by atomic mass is 16.3. The van der Waals surface area contributed by atoms with Crippen LogP contribution in [0.3, 0.4) is 0 Å².